The van der Waals surface area contributed by atoms with Crippen LogP contribution in [0.2, 0.25) is 5.02 Å². The number of carbonyl (C=O) groups is 1. The minimum atomic E-state index is -0.762. The van der Waals surface area contributed by atoms with Crippen LogP contribution in [0.3, 0.4) is 0 Å². The molecule has 19 heavy (non-hydrogen) atoms. The van der Waals surface area contributed by atoms with Crippen molar-refractivity contribution in [1.29, 1.82) is 0 Å². The predicted octanol–water partition coefficient (Wildman–Crippen LogP) is 4.63. The summed E-state index contributed by atoms with van der Waals surface area (Å²) in [6.45, 7) is 0. The van der Waals surface area contributed by atoms with Crippen LogP contribution in [0, 0.1) is 11.6 Å². The molecule has 0 aliphatic rings. The molecule has 0 atom stereocenters. The van der Waals surface area contributed by atoms with E-state index >= 15 is 0 Å². The van der Waals surface area contributed by atoms with Crippen LogP contribution in [-0.2, 0) is 0 Å². The topological polar surface area (TPSA) is 29.1 Å². The Morgan fingerprint density at radius 2 is 1.68 bits per heavy atom. The first-order chi connectivity index (χ1) is 8.94. The number of anilines is 1. The van der Waals surface area contributed by atoms with E-state index < -0.39 is 17.5 Å². The van der Waals surface area contributed by atoms with Gasteiger partial charge in [-0.25, -0.2) is 8.78 Å². The molecular formula is C13H7BrClF2NO. The van der Waals surface area contributed by atoms with Crippen molar-refractivity contribution in [1.82, 2.24) is 0 Å². The highest BCUT2D eigenvalue weighted by Crippen LogP contribution is 2.21. The summed E-state index contributed by atoms with van der Waals surface area (Å²) in [5.41, 5.74) is 0.322. The molecule has 0 aliphatic carbocycles. The minimum absolute atomic E-state index is 0.0404. The number of carbonyl (C=O) groups excluding carboxylic acids is 1. The van der Waals surface area contributed by atoms with Crippen LogP contribution >= 0.6 is 27.5 Å². The summed E-state index contributed by atoms with van der Waals surface area (Å²) >= 11 is 9.02. The van der Waals surface area contributed by atoms with Gasteiger partial charge >= 0.3 is 0 Å². The summed E-state index contributed by atoms with van der Waals surface area (Å²) in [7, 11) is 0. The monoisotopic (exact) mass is 345 g/mol. The second-order valence-corrected chi connectivity index (χ2v) is 5.12. The smallest absolute Gasteiger partial charge is 0.255 e. The van der Waals surface area contributed by atoms with E-state index in [1.165, 1.54) is 6.07 Å². The highest BCUT2D eigenvalue weighted by molar-refractivity contribution is 9.10. The number of benzene rings is 2. The fourth-order valence-corrected chi connectivity index (χ4v) is 2.37. The Kier molecular flexibility index (Phi) is 4.17. The lowest BCUT2D eigenvalue weighted by atomic mass is 10.2. The Morgan fingerprint density at radius 3 is 2.26 bits per heavy atom. The van der Waals surface area contributed by atoms with Gasteiger partial charge in [0.1, 0.15) is 11.6 Å². The summed E-state index contributed by atoms with van der Waals surface area (Å²) in [6.07, 6.45) is 0. The van der Waals surface area contributed by atoms with Crippen LogP contribution in [0.25, 0.3) is 0 Å². The molecule has 0 radical (unpaired) electrons. The highest BCUT2D eigenvalue weighted by Gasteiger charge is 2.09. The molecule has 0 fully saturated rings. The maximum absolute atomic E-state index is 13.0. The predicted molar refractivity (Wildman–Crippen MR) is 73.5 cm³/mol. The molecule has 1 amide bonds. The molecule has 0 aromatic heterocycles. The zero-order valence-corrected chi connectivity index (χ0v) is 11.7. The Balaban J connectivity index is 2.25. The minimum Gasteiger partial charge on any atom is -0.322 e. The van der Waals surface area contributed by atoms with Gasteiger partial charge in [-0.3, -0.25) is 4.79 Å². The van der Waals surface area contributed by atoms with Gasteiger partial charge in [-0.15, -0.1) is 0 Å². The van der Waals surface area contributed by atoms with Crippen molar-refractivity contribution in [2.24, 2.45) is 0 Å². The molecule has 0 unspecified atom stereocenters. The molecule has 0 saturated heterocycles. The first-order valence-electron chi connectivity index (χ1n) is 5.17. The molecule has 6 heteroatoms. The highest BCUT2D eigenvalue weighted by atomic mass is 79.9. The van der Waals surface area contributed by atoms with Gasteiger partial charge in [0.05, 0.1) is 0 Å². The summed E-state index contributed by atoms with van der Waals surface area (Å²) in [5.74, 6) is -2.03. The number of hydrogen-bond donors (Lipinski definition) is 1. The fourth-order valence-electron chi connectivity index (χ4n) is 1.51. The maximum Gasteiger partial charge on any atom is 0.255 e. The number of halogens is 4. The molecule has 98 valence electrons. The fraction of sp³-hybridized carbons (Fsp3) is 0. The molecule has 0 saturated carbocycles. The van der Waals surface area contributed by atoms with Crippen molar-refractivity contribution in [3.8, 4) is 0 Å². The molecule has 0 bridgehead atoms. The van der Waals surface area contributed by atoms with Crippen molar-refractivity contribution >= 4 is 39.1 Å². The van der Waals surface area contributed by atoms with Crippen LogP contribution in [0.5, 0.6) is 0 Å². The average Bonchev–Trinajstić information content (AvgIpc) is 2.25. The van der Waals surface area contributed by atoms with Gasteiger partial charge in [-0.05, 0) is 30.3 Å². The summed E-state index contributed by atoms with van der Waals surface area (Å²) in [6, 6.07) is 7.42. The Labute approximate surface area is 121 Å². The van der Waals surface area contributed by atoms with Gasteiger partial charge in [0.15, 0.2) is 0 Å². The van der Waals surface area contributed by atoms with E-state index in [1.54, 1.807) is 12.1 Å². The van der Waals surface area contributed by atoms with E-state index in [2.05, 4.69) is 21.2 Å². The lowest BCUT2D eigenvalue weighted by Gasteiger charge is -2.06. The van der Waals surface area contributed by atoms with E-state index in [0.29, 0.717) is 9.50 Å². The third-order valence-corrected chi connectivity index (χ3v) is 2.92. The van der Waals surface area contributed by atoms with Crippen molar-refractivity contribution in [3.63, 3.8) is 0 Å². The van der Waals surface area contributed by atoms with Crippen molar-refractivity contribution in [3.05, 3.63) is 63.1 Å². The van der Waals surface area contributed by atoms with Crippen LogP contribution in [0.15, 0.2) is 40.9 Å². The van der Waals surface area contributed by atoms with E-state index in [-0.39, 0.29) is 11.3 Å². The van der Waals surface area contributed by atoms with Crippen LogP contribution in [0.4, 0.5) is 14.5 Å². The van der Waals surface area contributed by atoms with Gasteiger partial charge in [0.2, 0.25) is 0 Å². The van der Waals surface area contributed by atoms with Gasteiger partial charge in [0.25, 0.3) is 5.91 Å². The van der Waals surface area contributed by atoms with E-state index in [0.717, 1.165) is 18.2 Å². The largest absolute Gasteiger partial charge is 0.322 e. The first-order valence-corrected chi connectivity index (χ1v) is 6.35. The number of nitrogens with one attached hydrogen (secondary N) is 1. The normalized spacial score (nSPS) is 10.3. The summed E-state index contributed by atoms with van der Waals surface area (Å²) in [5, 5.41) is 2.78. The molecule has 0 heterocycles. The average molecular weight is 347 g/mol. The molecular weight excluding hydrogens is 340 g/mol. The van der Waals surface area contributed by atoms with Crippen LogP contribution in [-0.4, -0.2) is 5.91 Å². The second-order valence-electron chi connectivity index (χ2n) is 3.77. The lowest BCUT2D eigenvalue weighted by molar-refractivity contribution is 0.102. The second kappa shape index (κ2) is 5.67. The van der Waals surface area contributed by atoms with E-state index in [1.807, 2.05) is 0 Å². The molecule has 2 rings (SSSR count). The van der Waals surface area contributed by atoms with Crippen molar-refractivity contribution < 1.29 is 13.6 Å². The number of hydrogen-bond acceptors (Lipinski definition) is 1. The Hall–Kier alpha value is -1.46. The zero-order valence-electron chi connectivity index (χ0n) is 9.38. The first kappa shape index (κ1) is 14.0. The van der Waals surface area contributed by atoms with Crippen molar-refractivity contribution in [2.45, 2.75) is 0 Å². The van der Waals surface area contributed by atoms with Crippen LogP contribution in [0.1, 0.15) is 10.4 Å². The quantitative estimate of drug-likeness (QED) is 0.844. The van der Waals surface area contributed by atoms with E-state index in [4.69, 9.17) is 11.6 Å². The van der Waals surface area contributed by atoms with Gasteiger partial charge in [-0.2, -0.15) is 0 Å². The zero-order chi connectivity index (χ0) is 14.0. The van der Waals surface area contributed by atoms with Gasteiger partial charge in [-0.1, -0.05) is 27.5 Å². The molecule has 0 spiro atoms. The molecule has 1 N–H and O–H groups in total. The maximum atomic E-state index is 13.0. The Morgan fingerprint density at radius 1 is 1.05 bits per heavy atom. The van der Waals surface area contributed by atoms with E-state index in [9.17, 15) is 13.6 Å². The molecule has 2 nitrogen and oxygen atoms in total. The summed E-state index contributed by atoms with van der Waals surface area (Å²) < 4.78 is 26.6. The molecule has 2 aromatic carbocycles. The van der Waals surface area contributed by atoms with Crippen molar-refractivity contribution in [2.75, 3.05) is 5.32 Å². The van der Waals surface area contributed by atoms with Gasteiger partial charge in [0, 0.05) is 26.8 Å². The third kappa shape index (κ3) is 3.75. The molecule has 0 aliphatic heterocycles. The van der Waals surface area contributed by atoms with Crippen LogP contribution < -0.4 is 5.32 Å². The number of rotatable bonds is 2. The third-order valence-electron chi connectivity index (χ3n) is 2.25. The van der Waals surface area contributed by atoms with Gasteiger partial charge < -0.3 is 5.32 Å². The number of amides is 1. The summed E-state index contributed by atoms with van der Waals surface area (Å²) in [4.78, 5) is 11.9. The standard InChI is InChI=1S/C13H7BrClF2NO/c14-8-1-7(2-9(15)3-8)13(19)18-12-5-10(16)4-11(17)6-12/h1-6H,(H,18,19). The lowest BCUT2D eigenvalue weighted by Crippen LogP contribution is -2.12. The molecule has 2 aromatic rings. The SMILES string of the molecule is O=C(Nc1cc(F)cc(F)c1)c1cc(Cl)cc(Br)c1. The Bertz CT molecular complexity index is 608.